The van der Waals surface area contributed by atoms with Crippen LogP contribution in [0.2, 0.25) is 0 Å². The summed E-state index contributed by atoms with van der Waals surface area (Å²) in [5, 5.41) is 0. The second kappa shape index (κ2) is 8.94. The number of benzene rings is 2. The van der Waals surface area contributed by atoms with Crippen LogP contribution in [0.3, 0.4) is 0 Å². The largest absolute Gasteiger partial charge is 0.493 e. The van der Waals surface area contributed by atoms with Crippen molar-refractivity contribution < 1.29 is 9.47 Å². The van der Waals surface area contributed by atoms with Gasteiger partial charge >= 0.3 is 0 Å². The van der Waals surface area contributed by atoms with E-state index in [-0.39, 0.29) is 0 Å². The van der Waals surface area contributed by atoms with E-state index >= 15 is 0 Å². The Morgan fingerprint density at radius 2 is 1.87 bits per heavy atom. The van der Waals surface area contributed by atoms with E-state index in [1.165, 1.54) is 5.56 Å². The smallest absolute Gasteiger partial charge is 0.164 e. The zero-order chi connectivity index (χ0) is 16.7. The Labute approximate surface area is 147 Å². The summed E-state index contributed by atoms with van der Waals surface area (Å²) in [5.41, 5.74) is 2.32. The quantitative estimate of drug-likeness (QED) is 0.674. The van der Waals surface area contributed by atoms with Crippen LogP contribution in [0.1, 0.15) is 17.5 Å². The summed E-state index contributed by atoms with van der Waals surface area (Å²) in [7, 11) is 5.87. The Kier molecular flexibility index (Phi) is 6.93. The molecule has 0 saturated heterocycles. The Bertz CT molecular complexity index is 629. The van der Waals surface area contributed by atoms with Crippen molar-refractivity contribution in [1.29, 1.82) is 0 Å². The minimum atomic E-state index is 0.528. The fourth-order valence-electron chi connectivity index (χ4n) is 2.45. The molecule has 0 bridgehead atoms. The van der Waals surface area contributed by atoms with Crippen LogP contribution in [0.15, 0.2) is 46.9 Å². The van der Waals surface area contributed by atoms with Crippen molar-refractivity contribution in [3.63, 3.8) is 0 Å². The first-order chi connectivity index (χ1) is 11.1. The summed E-state index contributed by atoms with van der Waals surface area (Å²) >= 11 is 3.49. The first kappa shape index (κ1) is 17.8. The second-order valence-corrected chi connectivity index (χ2v) is 6.69. The minimum Gasteiger partial charge on any atom is -0.493 e. The van der Waals surface area contributed by atoms with E-state index in [1.807, 2.05) is 24.3 Å². The second-order valence-electron chi connectivity index (χ2n) is 5.77. The first-order valence-electron chi connectivity index (χ1n) is 7.78. The van der Waals surface area contributed by atoms with Gasteiger partial charge in [0.15, 0.2) is 11.5 Å². The van der Waals surface area contributed by atoms with Gasteiger partial charge < -0.3 is 14.4 Å². The third-order valence-electron chi connectivity index (χ3n) is 3.60. The molecular formula is C19H24BrNO2. The summed E-state index contributed by atoms with van der Waals surface area (Å²) < 4.78 is 12.6. The zero-order valence-electron chi connectivity index (χ0n) is 14.0. The summed E-state index contributed by atoms with van der Waals surface area (Å²) in [4.78, 5) is 2.20. The number of halogens is 1. The monoisotopic (exact) mass is 377 g/mol. The predicted molar refractivity (Wildman–Crippen MR) is 98.3 cm³/mol. The van der Waals surface area contributed by atoms with Gasteiger partial charge in [-0.2, -0.15) is 0 Å². The van der Waals surface area contributed by atoms with Gasteiger partial charge in [0, 0.05) is 4.47 Å². The van der Waals surface area contributed by atoms with Gasteiger partial charge in [-0.05, 0) is 62.8 Å². The molecule has 2 aromatic carbocycles. The van der Waals surface area contributed by atoms with Crippen LogP contribution in [0, 0.1) is 0 Å². The summed E-state index contributed by atoms with van der Waals surface area (Å²) in [5.74, 6) is 1.65. The van der Waals surface area contributed by atoms with Gasteiger partial charge in [-0.25, -0.2) is 0 Å². The van der Waals surface area contributed by atoms with Crippen LogP contribution in [0.25, 0.3) is 0 Å². The van der Waals surface area contributed by atoms with Crippen molar-refractivity contribution in [1.82, 2.24) is 4.90 Å². The molecule has 0 aliphatic carbocycles. The van der Waals surface area contributed by atoms with E-state index in [4.69, 9.17) is 9.47 Å². The molecule has 124 valence electrons. The molecule has 4 heteroatoms. The van der Waals surface area contributed by atoms with Crippen LogP contribution >= 0.6 is 15.9 Å². The van der Waals surface area contributed by atoms with Gasteiger partial charge in [0.05, 0.1) is 7.11 Å². The Hall–Kier alpha value is -1.52. The molecule has 0 heterocycles. The molecule has 0 aromatic heterocycles. The summed E-state index contributed by atoms with van der Waals surface area (Å²) in [6.07, 6.45) is 2.07. The lowest BCUT2D eigenvalue weighted by Crippen LogP contribution is -2.13. The number of nitrogens with zero attached hydrogens (tertiary/aromatic N) is 1. The van der Waals surface area contributed by atoms with Crippen LogP contribution in [0.4, 0.5) is 0 Å². The van der Waals surface area contributed by atoms with Gasteiger partial charge in [0.1, 0.15) is 6.61 Å². The molecule has 0 N–H and O–H groups in total. The van der Waals surface area contributed by atoms with E-state index in [2.05, 4.69) is 53.1 Å². The molecule has 0 aliphatic rings. The number of para-hydroxylation sites is 1. The standard InChI is InChI=1S/C19H24BrNO2/c1-21(2)12-6-9-16-8-5-11-18(22-3)19(16)23-14-15-7-4-10-17(20)13-15/h4-5,7-8,10-11,13H,6,9,12,14H2,1-3H3. The number of hydrogen-bond donors (Lipinski definition) is 0. The van der Waals surface area contributed by atoms with E-state index in [0.29, 0.717) is 6.61 Å². The molecule has 0 fully saturated rings. The van der Waals surface area contributed by atoms with Gasteiger partial charge in [-0.1, -0.05) is 40.2 Å². The molecule has 0 radical (unpaired) electrons. The fraction of sp³-hybridized carbons (Fsp3) is 0.368. The maximum Gasteiger partial charge on any atom is 0.164 e. The molecular weight excluding hydrogens is 354 g/mol. The van der Waals surface area contributed by atoms with Gasteiger partial charge in [0.25, 0.3) is 0 Å². The maximum atomic E-state index is 6.10. The highest BCUT2D eigenvalue weighted by atomic mass is 79.9. The molecule has 0 amide bonds. The molecule has 2 rings (SSSR count). The normalized spacial score (nSPS) is 10.8. The lowest BCUT2D eigenvalue weighted by atomic mass is 10.1. The van der Waals surface area contributed by atoms with Crippen molar-refractivity contribution in [2.24, 2.45) is 0 Å². The number of rotatable bonds is 8. The number of hydrogen-bond acceptors (Lipinski definition) is 3. The Morgan fingerprint density at radius 1 is 1.09 bits per heavy atom. The number of ether oxygens (including phenoxy) is 2. The predicted octanol–water partition coefficient (Wildman–Crippen LogP) is 4.53. The Morgan fingerprint density at radius 3 is 2.57 bits per heavy atom. The number of aryl methyl sites for hydroxylation is 1. The third-order valence-corrected chi connectivity index (χ3v) is 4.10. The van der Waals surface area contributed by atoms with E-state index in [0.717, 1.165) is 40.9 Å². The number of methoxy groups -OCH3 is 1. The average Bonchev–Trinajstić information content (AvgIpc) is 2.53. The average molecular weight is 378 g/mol. The molecule has 3 nitrogen and oxygen atoms in total. The first-order valence-corrected chi connectivity index (χ1v) is 8.57. The van der Waals surface area contributed by atoms with E-state index in [1.54, 1.807) is 7.11 Å². The molecule has 0 unspecified atom stereocenters. The van der Waals surface area contributed by atoms with Gasteiger partial charge in [-0.3, -0.25) is 0 Å². The van der Waals surface area contributed by atoms with Crippen molar-refractivity contribution in [2.45, 2.75) is 19.4 Å². The van der Waals surface area contributed by atoms with Crippen LogP contribution in [-0.2, 0) is 13.0 Å². The molecule has 0 spiro atoms. The van der Waals surface area contributed by atoms with Crippen LogP contribution in [0.5, 0.6) is 11.5 Å². The highest BCUT2D eigenvalue weighted by Gasteiger charge is 2.11. The summed E-state index contributed by atoms with van der Waals surface area (Å²) in [6, 6.07) is 14.3. The van der Waals surface area contributed by atoms with Gasteiger partial charge in [-0.15, -0.1) is 0 Å². The van der Waals surface area contributed by atoms with E-state index in [9.17, 15) is 0 Å². The molecule has 0 atom stereocenters. The van der Waals surface area contributed by atoms with Crippen molar-refractivity contribution in [3.05, 3.63) is 58.1 Å². The highest BCUT2D eigenvalue weighted by molar-refractivity contribution is 9.10. The molecule has 2 aromatic rings. The third kappa shape index (κ3) is 5.56. The van der Waals surface area contributed by atoms with E-state index < -0.39 is 0 Å². The molecule has 23 heavy (non-hydrogen) atoms. The summed E-state index contributed by atoms with van der Waals surface area (Å²) in [6.45, 7) is 1.59. The van der Waals surface area contributed by atoms with Crippen molar-refractivity contribution in [3.8, 4) is 11.5 Å². The molecule has 0 saturated carbocycles. The molecule has 0 aliphatic heterocycles. The lowest BCUT2D eigenvalue weighted by Gasteiger charge is -2.16. The topological polar surface area (TPSA) is 21.7 Å². The van der Waals surface area contributed by atoms with Crippen LogP contribution < -0.4 is 9.47 Å². The maximum absolute atomic E-state index is 6.10. The van der Waals surface area contributed by atoms with Crippen molar-refractivity contribution >= 4 is 15.9 Å². The minimum absolute atomic E-state index is 0.528. The fourth-order valence-corrected chi connectivity index (χ4v) is 2.90. The zero-order valence-corrected chi connectivity index (χ0v) is 15.6. The van der Waals surface area contributed by atoms with Gasteiger partial charge in [0.2, 0.25) is 0 Å². The lowest BCUT2D eigenvalue weighted by molar-refractivity contribution is 0.280. The SMILES string of the molecule is COc1cccc(CCCN(C)C)c1OCc1cccc(Br)c1. The van der Waals surface area contributed by atoms with Crippen LogP contribution in [-0.4, -0.2) is 32.6 Å². The highest BCUT2D eigenvalue weighted by Crippen LogP contribution is 2.32. The van der Waals surface area contributed by atoms with Crippen molar-refractivity contribution in [2.75, 3.05) is 27.7 Å². The Balaban J connectivity index is 2.11.